The number of piperidine rings is 1. The first-order chi connectivity index (χ1) is 9.52. The first-order valence-corrected chi connectivity index (χ1v) is 7.77. The summed E-state index contributed by atoms with van der Waals surface area (Å²) in [4.78, 5) is 25.5. The van der Waals surface area contributed by atoms with Crippen molar-refractivity contribution in [3.63, 3.8) is 0 Å². The van der Waals surface area contributed by atoms with Crippen LogP contribution in [-0.4, -0.2) is 47.1 Å². The normalized spacial score (nSPS) is 30.3. The minimum absolute atomic E-state index is 0.00840. The molecule has 2 saturated heterocycles. The number of hydrogen-bond donors (Lipinski definition) is 2. The molecule has 3 unspecified atom stereocenters. The number of fused-ring (bicyclic) bond motifs is 2. The maximum atomic E-state index is 12.6. The van der Waals surface area contributed by atoms with Crippen molar-refractivity contribution >= 4 is 11.9 Å². The molecular formula is C15H26N2O3. The van der Waals surface area contributed by atoms with Crippen LogP contribution in [0.4, 0.5) is 0 Å². The van der Waals surface area contributed by atoms with E-state index < -0.39 is 5.97 Å². The number of nitrogens with one attached hydrogen (secondary N) is 1. The molecule has 0 aromatic heterocycles. The van der Waals surface area contributed by atoms with Gasteiger partial charge in [-0.05, 0) is 38.1 Å². The van der Waals surface area contributed by atoms with E-state index in [0.717, 1.165) is 38.8 Å². The fourth-order valence-corrected chi connectivity index (χ4v) is 3.77. The number of rotatable bonds is 6. The highest BCUT2D eigenvalue weighted by Gasteiger charge is 2.44. The average Bonchev–Trinajstić information content (AvgIpc) is 2.66. The van der Waals surface area contributed by atoms with Gasteiger partial charge in [-0.3, -0.25) is 9.59 Å². The zero-order valence-corrected chi connectivity index (χ0v) is 12.5. The summed E-state index contributed by atoms with van der Waals surface area (Å²) in [7, 11) is 0. The lowest BCUT2D eigenvalue weighted by molar-refractivity contribution is -0.141. The Morgan fingerprint density at radius 2 is 1.90 bits per heavy atom. The van der Waals surface area contributed by atoms with Crippen molar-refractivity contribution in [1.29, 1.82) is 0 Å². The summed E-state index contributed by atoms with van der Waals surface area (Å²) in [6.45, 7) is 5.63. The molecule has 2 rings (SSSR count). The molecule has 2 aliphatic heterocycles. The lowest BCUT2D eigenvalue weighted by Gasteiger charge is -2.40. The lowest BCUT2D eigenvalue weighted by atomic mass is 9.87. The van der Waals surface area contributed by atoms with Gasteiger partial charge in [0.1, 0.15) is 0 Å². The predicted molar refractivity (Wildman–Crippen MR) is 76.3 cm³/mol. The molecule has 0 aromatic carbocycles. The van der Waals surface area contributed by atoms with Crippen molar-refractivity contribution in [2.45, 2.75) is 58.0 Å². The number of carbonyl (C=O) groups is 2. The number of carboxylic acid groups (broad SMARTS) is 1. The Morgan fingerprint density at radius 3 is 2.40 bits per heavy atom. The fourth-order valence-electron chi connectivity index (χ4n) is 3.77. The second-order valence-electron chi connectivity index (χ2n) is 6.27. The van der Waals surface area contributed by atoms with Gasteiger partial charge in [0.15, 0.2) is 0 Å². The number of amides is 1. The number of carboxylic acids is 1. The van der Waals surface area contributed by atoms with Crippen LogP contribution in [0.15, 0.2) is 0 Å². The van der Waals surface area contributed by atoms with Crippen molar-refractivity contribution in [3.8, 4) is 0 Å². The maximum Gasteiger partial charge on any atom is 0.303 e. The van der Waals surface area contributed by atoms with Gasteiger partial charge in [0, 0.05) is 31.0 Å². The topological polar surface area (TPSA) is 69.6 Å². The van der Waals surface area contributed by atoms with E-state index in [-0.39, 0.29) is 36.2 Å². The molecule has 0 spiro atoms. The van der Waals surface area contributed by atoms with Crippen LogP contribution in [0.25, 0.3) is 0 Å². The zero-order valence-electron chi connectivity index (χ0n) is 12.5. The fraction of sp³-hybridized carbons (Fsp3) is 0.867. The van der Waals surface area contributed by atoms with Crippen LogP contribution in [0.3, 0.4) is 0 Å². The van der Waals surface area contributed by atoms with Gasteiger partial charge in [-0.1, -0.05) is 13.8 Å². The molecule has 2 heterocycles. The van der Waals surface area contributed by atoms with Crippen molar-refractivity contribution in [2.75, 3.05) is 13.1 Å². The molecule has 0 radical (unpaired) electrons. The molecule has 2 bridgehead atoms. The Balaban J connectivity index is 1.94. The van der Waals surface area contributed by atoms with E-state index in [1.165, 1.54) is 0 Å². The molecule has 0 aromatic rings. The molecular weight excluding hydrogens is 256 g/mol. The lowest BCUT2D eigenvalue weighted by Crippen LogP contribution is -2.50. The second-order valence-corrected chi connectivity index (χ2v) is 6.27. The van der Waals surface area contributed by atoms with Gasteiger partial charge in [0.2, 0.25) is 5.91 Å². The molecule has 0 aliphatic carbocycles. The van der Waals surface area contributed by atoms with E-state index in [2.05, 4.69) is 10.2 Å². The van der Waals surface area contributed by atoms with E-state index in [4.69, 9.17) is 5.11 Å². The molecule has 2 aliphatic rings. The molecule has 3 atom stereocenters. The van der Waals surface area contributed by atoms with Gasteiger partial charge in [-0.15, -0.1) is 0 Å². The molecule has 5 heteroatoms. The van der Waals surface area contributed by atoms with Crippen molar-refractivity contribution in [3.05, 3.63) is 0 Å². The Kier molecular flexibility index (Phi) is 5.02. The Labute approximate surface area is 120 Å². The summed E-state index contributed by atoms with van der Waals surface area (Å²) in [5.41, 5.74) is 0. The Morgan fingerprint density at radius 1 is 1.30 bits per heavy atom. The number of nitrogens with zero attached hydrogens (tertiary/aromatic N) is 1. The molecule has 2 N–H and O–H groups in total. The summed E-state index contributed by atoms with van der Waals surface area (Å²) in [6.07, 6.45) is 4.06. The minimum Gasteiger partial charge on any atom is -0.481 e. The predicted octanol–water partition coefficient (Wildman–Crippen LogP) is 1.48. The highest BCUT2D eigenvalue weighted by molar-refractivity contribution is 5.80. The highest BCUT2D eigenvalue weighted by Crippen LogP contribution is 2.40. The van der Waals surface area contributed by atoms with E-state index >= 15 is 0 Å². The SMILES string of the molecule is CCNCC(C)C(=O)N1C2CCC1CC(CC(=O)O)C2. The third-order valence-electron chi connectivity index (χ3n) is 4.67. The van der Waals surface area contributed by atoms with Crippen LogP contribution in [0.5, 0.6) is 0 Å². The van der Waals surface area contributed by atoms with Gasteiger partial charge in [-0.2, -0.15) is 0 Å². The summed E-state index contributed by atoms with van der Waals surface area (Å²) < 4.78 is 0. The monoisotopic (exact) mass is 282 g/mol. The maximum absolute atomic E-state index is 12.6. The van der Waals surface area contributed by atoms with Crippen LogP contribution >= 0.6 is 0 Å². The van der Waals surface area contributed by atoms with Crippen LogP contribution < -0.4 is 5.32 Å². The summed E-state index contributed by atoms with van der Waals surface area (Å²) >= 11 is 0. The zero-order chi connectivity index (χ0) is 14.7. The van der Waals surface area contributed by atoms with Gasteiger partial charge < -0.3 is 15.3 Å². The molecule has 0 saturated carbocycles. The molecule has 1 amide bonds. The third-order valence-corrected chi connectivity index (χ3v) is 4.67. The minimum atomic E-state index is -0.713. The van der Waals surface area contributed by atoms with Gasteiger partial charge in [0.25, 0.3) is 0 Å². The van der Waals surface area contributed by atoms with Gasteiger partial charge in [0.05, 0.1) is 0 Å². The Bertz CT molecular complexity index is 358. The number of hydrogen-bond acceptors (Lipinski definition) is 3. The van der Waals surface area contributed by atoms with E-state index in [1.54, 1.807) is 0 Å². The van der Waals surface area contributed by atoms with Gasteiger partial charge >= 0.3 is 5.97 Å². The van der Waals surface area contributed by atoms with Crippen LogP contribution in [0.1, 0.15) is 46.0 Å². The summed E-state index contributed by atoms with van der Waals surface area (Å²) in [6, 6.07) is 0.546. The third kappa shape index (κ3) is 3.32. The molecule has 20 heavy (non-hydrogen) atoms. The van der Waals surface area contributed by atoms with Gasteiger partial charge in [-0.25, -0.2) is 0 Å². The first kappa shape index (κ1) is 15.3. The second kappa shape index (κ2) is 6.57. The molecule has 114 valence electrons. The highest BCUT2D eigenvalue weighted by atomic mass is 16.4. The van der Waals surface area contributed by atoms with Crippen molar-refractivity contribution in [1.82, 2.24) is 10.2 Å². The standard InChI is InChI=1S/C15H26N2O3/c1-3-16-9-10(2)15(20)17-12-4-5-13(17)7-11(6-12)8-14(18)19/h10-13,16H,3-9H2,1-2H3,(H,18,19). The number of aliphatic carboxylic acids is 1. The summed E-state index contributed by atoms with van der Waals surface area (Å²) in [5, 5.41) is 12.2. The van der Waals surface area contributed by atoms with E-state index in [9.17, 15) is 9.59 Å². The van der Waals surface area contributed by atoms with E-state index in [1.807, 2.05) is 13.8 Å². The van der Waals surface area contributed by atoms with Crippen LogP contribution in [0, 0.1) is 11.8 Å². The smallest absolute Gasteiger partial charge is 0.303 e. The average molecular weight is 282 g/mol. The largest absolute Gasteiger partial charge is 0.481 e. The van der Waals surface area contributed by atoms with Crippen molar-refractivity contribution in [2.24, 2.45) is 11.8 Å². The van der Waals surface area contributed by atoms with Crippen LogP contribution in [-0.2, 0) is 9.59 Å². The molecule has 2 fully saturated rings. The Hall–Kier alpha value is -1.10. The number of carbonyl (C=O) groups excluding carboxylic acids is 1. The van der Waals surface area contributed by atoms with E-state index in [0.29, 0.717) is 0 Å². The van der Waals surface area contributed by atoms with Crippen molar-refractivity contribution < 1.29 is 14.7 Å². The van der Waals surface area contributed by atoms with Crippen LogP contribution in [0.2, 0.25) is 0 Å². The summed E-state index contributed by atoms with van der Waals surface area (Å²) in [5.74, 6) is -0.214. The first-order valence-electron chi connectivity index (χ1n) is 7.77. The quantitative estimate of drug-likeness (QED) is 0.774. The molecule has 5 nitrogen and oxygen atoms in total.